The smallest absolute Gasteiger partial charge is 0.303 e. The van der Waals surface area contributed by atoms with Crippen LogP contribution in [0.5, 0.6) is 0 Å². The first kappa shape index (κ1) is 16.6. The third kappa shape index (κ3) is 3.19. The number of likely N-dealkylation sites (tertiary alicyclic amines) is 1. The standard InChI is InChI=1S/C16H19N3O4S/c1-10-9-24-16-17-7-12(15(23)19(10)16)14(22)18-6-2-3-11(8-18)4-5-13(20)21/h7,9,11H,2-6,8H2,1H3,(H,20,21). The summed E-state index contributed by atoms with van der Waals surface area (Å²) in [5.41, 5.74) is 0.504. The molecular weight excluding hydrogens is 330 g/mol. The van der Waals surface area contributed by atoms with E-state index in [4.69, 9.17) is 5.11 Å². The molecule has 7 nitrogen and oxygen atoms in total. The number of carbonyl (C=O) groups is 2. The van der Waals surface area contributed by atoms with Crippen molar-refractivity contribution < 1.29 is 14.7 Å². The van der Waals surface area contributed by atoms with Crippen LogP contribution in [0.3, 0.4) is 0 Å². The van der Waals surface area contributed by atoms with Crippen molar-refractivity contribution in [1.29, 1.82) is 0 Å². The van der Waals surface area contributed by atoms with E-state index < -0.39 is 5.97 Å². The number of thiazole rings is 1. The molecule has 1 fully saturated rings. The molecule has 3 heterocycles. The molecule has 1 N–H and O–H groups in total. The number of carboxylic acid groups (broad SMARTS) is 1. The number of aromatic nitrogens is 2. The molecule has 0 aliphatic carbocycles. The van der Waals surface area contributed by atoms with Crippen molar-refractivity contribution in [3.63, 3.8) is 0 Å². The highest BCUT2D eigenvalue weighted by Crippen LogP contribution is 2.22. The predicted octanol–water partition coefficient (Wildman–Crippen LogP) is 1.78. The van der Waals surface area contributed by atoms with E-state index in [1.54, 1.807) is 4.90 Å². The van der Waals surface area contributed by atoms with Crippen LogP contribution < -0.4 is 5.56 Å². The van der Waals surface area contributed by atoms with Gasteiger partial charge in [0.25, 0.3) is 11.5 Å². The van der Waals surface area contributed by atoms with Crippen LogP contribution in [0.2, 0.25) is 0 Å². The van der Waals surface area contributed by atoms with Crippen molar-refractivity contribution >= 4 is 28.2 Å². The van der Waals surface area contributed by atoms with Gasteiger partial charge in [0.15, 0.2) is 4.96 Å². The van der Waals surface area contributed by atoms with Crippen molar-refractivity contribution in [2.75, 3.05) is 13.1 Å². The van der Waals surface area contributed by atoms with E-state index in [0.717, 1.165) is 18.5 Å². The number of amides is 1. The Bertz CT molecular complexity index is 841. The van der Waals surface area contributed by atoms with E-state index in [-0.39, 0.29) is 29.4 Å². The molecule has 1 unspecified atom stereocenters. The van der Waals surface area contributed by atoms with Crippen LogP contribution in [0.1, 0.15) is 41.7 Å². The molecule has 128 valence electrons. The van der Waals surface area contributed by atoms with Crippen LogP contribution in [0, 0.1) is 12.8 Å². The van der Waals surface area contributed by atoms with Gasteiger partial charge in [0, 0.05) is 36.8 Å². The number of hydrogen-bond acceptors (Lipinski definition) is 5. The van der Waals surface area contributed by atoms with Gasteiger partial charge in [-0.15, -0.1) is 11.3 Å². The summed E-state index contributed by atoms with van der Waals surface area (Å²) in [6.07, 6.45) is 3.76. The largest absolute Gasteiger partial charge is 0.481 e. The van der Waals surface area contributed by atoms with Crippen LogP contribution in [-0.4, -0.2) is 44.4 Å². The number of piperidine rings is 1. The van der Waals surface area contributed by atoms with Crippen LogP contribution in [-0.2, 0) is 4.79 Å². The maximum atomic E-state index is 12.7. The third-order valence-electron chi connectivity index (χ3n) is 4.42. The Hall–Kier alpha value is -2.22. The summed E-state index contributed by atoms with van der Waals surface area (Å²) in [6.45, 7) is 2.90. The zero-order valence-electron chi connectivity index (χ0n) is 13.4. The van der Waals surface area contributed by atoms with Gasteiger partial charge >= 0.3 is 5.97 Å². The van der Waals surface area contributed by atoms with Crippen molar-refractivity contribution in [3.05, 3.63) is 33.2 Å². The van der Waals surface area contributed by atoms with Gasteiger partial charge in [-0.2, -0.15) is 0 Å². The van der Waals surface area contributed by atoms with Crippen molar-refractivity contribution in [2.45, 2.75) is 32.6 Å². The number of nitrogens with zero attached hydrogens (tertiary/aromatic N) is 3. The fourth-order valence-electron chi connectivity index (χ4n) is 3.15. The normalized spacial score (nSPS) is 18.0. The summed E-state index contributed by atoms with van der Waals surface area (Å²) in [7, 11) is 0. The van der Waals surface area contributed by atoms with Gasteiger partial charge in [-0.3, -0.25) is 18.8 Å². The second-order valence-electron chi connectivity index (χ2n) is 6.16. The number of carbonyl (C=O) groups excluding carboxylic acids is 1. The highest BCUT2D eigenvalue weighted by Gasteiger charge is 2.27. The summed E-state index contributed by atoms with van der Waals surface area (Å²) in [5.74, 6) is -0.965. The fourth-order valence-corrected chi connectivity index (χ4v) is 3.98. The monoisotopic (exact) mass is 349 g/mol. The summed E-state index contributed by atoms with van der Waals surface area (Å²) >= 11 is 1.37. The molecule has 0 radical (unpaired) electrons. The SMILES string of the molecule is Cc1csc2ncc(C(=O)N3CCCC(CCC(=O)O)C3)c(=O)n12. The van der Waals surface area contributed by atoms with E-state index in [1.165, 1.54) is 21.9 Å². The molecule has 0 bridgehead atoms. The van der Waals surface area contributed by atoms with Gasteiger partial charge in [-0.1, -0.05) is 0 Å². The van der Waals surface area contributed by atoms with Gasteiger partial charge in [-0.25, -0.2) is 4.98 Å². The lowest BCUT2D eigenvalue weighted by Crippen LogP contribution is -2.42. The maximum Gasteiger partial charge on any atom is 0.303 e. The van der Waals surface area contributed by atoms with E-state index in [2.05, 4.69) is 4.98 Å². The molecule has 1 aliphatic heterocycles. The Kier molecular flexibility index (Phi) is 4.66. The number of aliphatic carboxylic acids is 1. The van der Waals surface area contributed by atoms with Gasteiger partial charge in [0.1, 0.15) is 5.56 Å². The molecule has 2 aromatic heterocycles. The van der Waals surface area contributed by atoms with Gasteiger partial charge in [0.2, 0.25) is 0 Å². The molecule has 3 rings (SSSR count). The first-order chi connectivity index (χ1) is 11.5. The molecule has 2 aromatic rings. The van der Waals surface area contributed by atoms with Crippen molar-refractivity contribution in [1.82, 2.24) is 14.3 Å². The second-order valence-corrected chi connectivity index (χ2v) is 7.00. The minimum Gasteiger partial charge on any atom is -0.481 e. The highest BCUT2D eigenvalue weighted by atomic mass is 32.1. The molecule has 1 atom stereocenters. The molecule has 0 spiro atoms. The van der Waals surface area contributed by atoms with Gasteiger partial charge in [-0.05, 0) is 32.1 Å². The zero-order chi connectivity index (χ0) is 17.3. The number of aryl methyl sites for hydroxylation is 1. The minimum atomic E-state index is -0.820. The van der Waals surface area contributed by atoms with Crippen LogP contribution >= 0.6 is 11.3 Å². The molecule has 1 amide bonds. The summed E-state index contributed by atoms with van der Waals surface area (Å²) in [5, 5.41) is 10.6. The first-order valence-electron chi connectivity index (χ1n) is 7.94. The average molecular weight is 349 g/mol. The summed E-state index contributed by atoms with van der Waals surface area (Å²) in [6, 6.07) is 0. The average Bonchev–Trinajstić information content (AvgIpc) is 2.95. The summed E-state index contributed by atoms with van der Waals surface area (Å²) in [4.78, 5) is 42.5. The van der Waals surface area contributed by atoms with Gasteiger partial charge < -0.3 is 10.0 Å². The Morgan fingerprint density at radius 1 is 1.46 bits per heavy atom. The Labute approximate surface area is 142 Å². The molecule has 1 saturated heterocycles. The number of hydrogen-bond donors (Lipinski definition) is 1. The maximum absolute atomic E-state index is 12.7. The second kappa shape index (κ2) is 6.72. The Balaban J connectivity index is 1.81. The Morgan fingerprint density at radius 3 is 3.00 bits per heavy atom. The van der Waals surface area contributed by atoms with E-state index >= 15 is 0 Å². The molecule has 0 saturated carbocycles. The number of rotatable bonds is 4. The molecular formula is C16H19N3O4S. The van der Waals surface area contributed by atoms with Crippen LogP contribution in [0.4, 0.5) is 0 Å². The number of carboxylic acids is 1. The lowest BCUT2D eigenvalue weighted by molar-refractivity contribution is -0.137. The molecule has 24 heavy (non-hydrogen) atoms. The Morgan fingerprint density at radius 2 is 2.25 bits per heavy atom. The lowest BCUT2D eigenvalue weighted by Gasteiger charge is -2.32. The fraction of sp³-hybridized carbons (Fsp3) is 0.500. The van der Waals surface area contributed by atoms with E-state index in [9.17, 15) is 14.4 Å². The first-order valence-corrected chi connectivity index (χ1v) is 8.82. The molecule has 8 heteroatoms. The zero-order valence-corrected chi connectivity index (χ0v) is 14.2. The van der Waals surface area contributed by atoms with Crippen molar-refractivity contribution in [3.8, 4) is 0 Å². The van der Waals surface area contributed by atoms with E-state index in [0.29, 0.717) is 24.5 Å². The van der Waals surface area contributed by atoms with Crippen LogP contribution in [0.15, 0.2) is 16.4 Å². The van der Waals surface area contributed by atoms with Gasteiger partial charge in [0.05, 0.1) is 0 Å². The lowest BCUT2D eigenvalue weighted by atomic mass is 9.93. The van der Waals surface area contributed by atoms with Crippen LogP contribution in [0.25, 0.3) is 4.96 Å². The third-order valence-corrected chi connectivity index (χ3v) is 5.38. The summed E-state index contributed by atoms with van der Waals surface area (Å²) < 4.78 is 1.46. The predicted molar refractivity (Wildman–Crippen MR) is 89.6 cm³/mol. The minimum absolute atomic E-state index is 0.0767. The topological polar surface area (TPSA) is 92.0 Å². The van der Waals surface area contributed by atoms with E-state index in [1.807, 2.05) is 12.3 Å². The number of fused-ring (bicyclic) bond motifs is 1. The highest BCUT2D eigenvalue weighted by molar-refractivity contribution is 7.15. The molecule has 0 aromatic carbocycles. The van der Waals surface area contributed by atoms with Crippen molar-refractivity contribution in [2.24, 2.45) is 5.92 Å². The quantitative estimate of drug-likeness (QED) is 0.908. The molecule has 1 aliphatic rings.